The van der Waals surface area contributed by atoms with Crippen molar-refractivity contribution in [3.05, 3.63) is 35.4 Å². The number of halogens is 3. The van der Waals surface area contributed by atoms with Gasteiger partial charge in [0.2, 0.25) is 0 Å². The fourth-order valence-corrected chi connectivity index (χ4v) is 0.978. The Labute approximate surface area is 78.4 Å². The van der Waals surface area contributed by atoms with Gasteiger partial charge in [-0.25, -0.2) is 8.78 Å². The van der Waals surface area contributed by atoms with Gasteiger partial charge in [-0.3, -0.25) is 0 Å². The van der Waals surface area contributed by atoms with Crippen LogP contribution < -0.4 is 0 Å². The van der Waals surface area contributed by atoms with E-state index >= 15 is 0 Å². The van der Waals surface area contributed by atoms with E-state index in [1.165, 1.54) is 24.3 Å². The lowest BCUT2D eigenvalue weighted by Gasteiger charge is -2.01. The molecule has 0 aliphatic carbocycles. The van der Waals surface area contributed by atoms with Crippen molar-refractivity contribution in [3.63, 3.8) is 0 Å². The number of oxime groups is 1. The van der Waals surface area contributed by atoms with Crippen LogP contribution in [0.4, 0.5) is 8.78 Å². The van der Waals surface area contributed by atoms with Crippen molar-refractivity contribution in [2.24, 2.45) is 5.16 Å². The van der Waals surface area contributed by atoms with E-state index < -0.39 is 6.43 Å². The van der Waals surface area contributed by atoms with Crippen LogP contribution in [-0.2, 0) is 0 Å². The highest BCUT2D eigenvalue weighted by Crippen LogP contribution is 2.20. The Kier molecular flexibility index (Phi) is 3.19. The van der Waals surface area contributed by atoms with Crippen molar-refractivity contribution in [2.75, 3.05) is 0 Å². The summed E-state index contributed by atoms with van der Waals surface area (Å²) < 4.78 is 24.3. The molecule has 0 saturated heterocycles. The normalized spacial score (nSPS) is 12.2. The largest absolute Gasteiger partial charge is 0.410 e. The van der Waals surface area contributed by atoms with Crippen LogP contribution in [0.2, 0.25) is 0 Å². The monoisotopic (exact) mass is 205 g/mol. The zero-order chi connectivity index (χ0) is 9.84. The van der Waals surface area contributed by atoms with Gasteiger partial charge < -0.3 is 5.21 Å². The van der Waals surface area contributed by atoms with E-state index in [9.17, 15) is 8.78 Å². The van der Waals surface area contributed by atoms with Crippen LogP contribution in [0.1, 0.15) is 17.6 Å². The predicted molar refractivity (Wildman–Crippen MR) is 45.6 cm³/mol. The van der Waals surface area contributed by atoms with Gasteiger partial charge in [0.05, 0.1) is 0 Å². The van der Waals surface area contributed by atoms with Crippen LogP contribution in [0.25, 0.3) is 0 Å². The maximum Gasteiger partial charge on any atom is 0.263 e. The third-order valence-corrected chi connectivity index (χ3v) is 1.76. The molecule has 5 heteroatoms. The Balaban J connectivity index is 3.05. The van der Waals surface area contributed by atoms with Gasteiger partial charge in [0.25, 0.3) is 6.43 Å². The highest BCUT2D eigenvalue weighted by Gasteiger charge is 2.08. The van der Waals surface area contributed by atoms with Gasteiger partial charge >= 0.3 is 0 Å². The summed E-state index contributed by atoms with van der Waals surface area (Å²) in [5, 5.41) is 10.8. The van der Waals surface area contributed by atoms with Crippen LogP contribution >= 0.6 is 11.6 Å². The number of alkyl halides is 2. The molecule has 0 heterocycles. The number of hydrogen-bond donors (Lipinski definition) is 1. The molecule has 1 N–H and O–H groups in total. The zero-order valence-electron chi connectivity index (χ0n) is 6.42. The first-order chi connectivity index (χ1) is 6.15. The first kappa shape index (κ1) is 9.92. The molecule has 1 aromatic rings. The van der Waals surface area contributed by atoms with Gasteiger partial charge in [-0.2, -0.15) is 0 Å². The Hall–Kier alpha value is -1.16. The highest BCUT2D eigenvalue weighted by atomic mass is 35.5. The maximum absolute atomic E-state index is 12.2. The molecule has 0 aliphatic rings. The molecule has 1 rings (SSSR count). The second-order valence-electron chi connectivity index (χ2n) is 2.32. The van der Waals surface area contributed by atoms with Gasteiger partial charge in [-0.15, -0.1) is 0 Å². The summed E-state index contributed by atoms with van der Waals surface area (Å²) in [7, 11) is 0. The van der Waals surface area contributed by atoms with Crippen LogP contribution in [0, 0.1) is 0 Å². The van der Waals surface area contributed by atoms with Gasteiger partial charge in [0.1, 0.15) is 0 Å². The third-order valence-electron chi connectivity index (χ3n) is 1.46. The summed E-state index contributed by atoms with van der Waals surface area (Å²) in [6.45, 7) is 0. The first-order valence-corrected chi connectivity index (χ1v) is 3.79. The summed E-state index contributed by atoms with van der Waals surface area (Å²) in [5.74, 6) is 0. The van der Waals surface area contributed by atoms with E-state index in [1.54, 1.807) is 0 Å². The number of nitrogens with zero attached hydrogens (tertiary/aromatic N) is 1. The van der Waals surface area contributed by atoms with E-state index in [0.717, 1.165) is 0 Å². The molecule has 0 fully saturated rings. The van der Waals surface area contributed by atoms with E-state index in [0.29, 0.717) is 0 Å². The lowest BCUT2D eigenvalue weighted by atomic mass is 10.1. The molecule has 0 aliphatic heterocycles. The summed E-state index contributed by atoms with van der Waals surface area (Å²) in [6, 6.07) is 5.35. The Bertz CT molecular complexity index is 328. The Morgan fingerprint density at radius 1 is 1.46 bits per heavy atom. The minimum absolute atomic E-state index is 0.153. The second kappa shape index (κ2) is 4.18. The van der Waals surface area contributed by atoms with Crippen molar-refractivity contribution in [2.45, 2.75) is 6.43 Å². The quantitative estimate of drug-likeness (QED) is 0.449. The van der Waals surface area contributed by atoms with E-state index in [-0.39, 0.29) is 16.3 Å². The molecule has 0 radical (unpaired) electrons. The number of benzene rings is 1. The molecule has 0 saturated carbocycles. The Morgan fingerprint density at radius 3 is 2.69 bits per heavy atom. The molecule has 0 aromatic heterocycles. The zero-order valence-corrected chi connectivity index (χ0v) is 7.17. The van der Waals surface area contributed by atoms with Crippen LogP contribution in [0.3, 0.4) is 0 Å². The first-order valence-electron chi connectivity index (χ1n) is 3.41. The fourth-order valence-electron chi connectivity index (χ4n) is 0.860. The van der Waals surface area contributed by atoms with Crippen molar-refractivity contribution < 1.29 is 14.0 Å². The summed E-state index contributed by atoms with van der Waals surface area (Å²) in [4.78, 5) is 0. The second-order valence-corrected chi connectivity index (χ2v) is 2.67. The average Bonchev–Trinajstić information content (AvgIpc) is 2.17. The minimum Gasteiger partial charge on any atom is -0.410 e. The molecule has 0 amide bonds. The van der Waals surface area contributed by atoms with E-state index in [1.807, 2.05) is 0 Å². The fraction of sp³-hybridized carbons (Fsp3) is 0.125. The molecule has 0 spiro atoms. The molecule has 0 bridgehead atoms. The molecule has 1 aromatic carbocycles. The standard InChI is InChI=1S/C8H6ClF2NO/c9-7(12-13)5-2-1-3-6(4-5)8(10)11/h1-4,8,13H/b12-7+. The molecule has 0 atom stereocenters. The van der Waals surface area contributed by atoms with Gasteiger partial charge in [-0.05, 0) is 6.07 Å². The van der Waals surface area contributed by atoms with Crippen LogP contribution in [-0.4, -0.2) is 10.4 Å². The number of rotatable bonds is 2. The Morgan fingerprint density at radius 2 is 2.15 bits per heavy atom. The third kappa shape index (κ3) is 2.39. The highest BCUT2D eigenvalue weighted by molar-refractivity contribution is 6.69. The van der Waals surface area contributed by atoms with Crippen LogP contribution in [0.15, 0.2) is 29.4 Å². The van der Waals surface area contributed by atoms with Crippen molar-refractivity contribution in [1.29, 1.82) is 0 Å². The molecular formula is C8H6ClF2NO. The van der Waals surface area contributed by atoms with Crippen molar-refractivity contribution >= 4 is 16.8 Å². The van der Waals surface area contributed by atoms with Crippen LogP contribution in [0.5, 0.6) is 0 Å². The van der Waals surface area contributed by atoms with E-state index in [2.05, 4.69) is 5.16 Å². The lowest BCUT2D eigenvalue weighted by Crippen LogP contribution is -1.93. The molecular weight excluding hydrogens is 200 g/mol. The maximum atomic E-state index is 12.2. The number of hydrogen-bond acceptors (Lipinski definition) is 2. The van der Waals surface area contributed by atoms with Gasteiger partial charge in [-0.1, -0.05) is 35.0 Å². The lowest BCUT2D eigenvalue weighted by molar-refractivity contribution is 0.151. The summed E-state index contributed by atoms with van der Waals surface area (Å²) in [6.07, 6.45) is -2.55. The predicted octanol–water partition coefficient (Wildman–Crippen LogP) is 3.00. The molecule has 70 valence electrons. The van der Waals surface area contributed by atoms with Gasteiger partial charge in [0.15, 0.2) is 5.17 Å². The van der Waals surface area contributed by atoms with Crippen molar-refractivity contribution in [3.8, 4) is 0 Å². The smallest absolute Gasteiger partial charge is 0.263 e. The minimum atomic E-state index is -2.55. The summed E-state index contributed by atoms with van der Waals surface area (Å²) in [5.41, 5.74) is 0.112. The molecule has 13 heavy (non-hydrogen) atoms. The molecule has 2 nitrogen and oxygen atoms in total. The average molecular weight is 206 g/mol. The van der Waals surface area contributed by atoms with E-state index in [4.69, 9.17) is 16.8 Å². The topological polar surface area (TPSA) is 32.6 Å². The van der Waals surface area contributed by atoms with Crippen molar-refractivity contribution in [1.82, 2.24) is 0 Å². The summed E-state index contributed by atoms with van der Waals surface area (Å²) >= 11 is 5.42. The SMILES string of the molecule is O/N=C(/Cl)c1cccc(C(F)F)c1. The van der Waals surface area contributed by atoms with Gasteiger partial charge in [0, 0.05) is 11.1 Å². The molecule has 0 unspecified atom stereocenters.